The van der Waals surface area contributed by atoms with E-state index in [1.807, 2.05) is 11.3 Å². The van der Waals surface area contributed by atoms with E-state index >= 15 is 0 Å². The zero-order valence-electron chi connectivity index (χ0n) is 31.3. The van der Waals surface area contributed by atoms with E-state index in [0.717, 1.165) is 17.1 Å². The predicted molar refractivity (Wildman–Crippen MR) is 244 cm³/mol. The number of aryl methyl sites for hydroxylation is 2. The summed E-state index contributed by atoms with van der Waals surface area (Å²) in [7, 11) is 0. The summed E-state index contributed by atoms with van der Waals surface area (Å²) in [4.78, 5) is 2.37. The summed E-state index contributed by atoms with van der Waals surface area (Å²) in [5.41, 5.74) is 11.0. The van der Waals surface area contributed by atoms with E-state index in [4.69, 9.17) is 0 Å². The van der Waals surface area contributed by atoms with Crippen molar-refractivity contribution in [3.63, 3.8) is 0 Å². The lowest BCUT2D eigenvalue weighted by atomic mass is 9.87. The van der Waals surface area contributed by atoms with Gasteiger partial charge < -0.3 is 4.90 Å². The first-order valence-corrected chi connectivity index (χ1v) is 20.1. The highest BCUT2D eigenvalue weighted by molar-refractivity contribution is 7.26. The summed E-state index contributed by atoms with van der Waals surface area (Å²) >= 11 is 1.90. The Kier molecular flexibility index (Phi) is 7.55. The van der Waals surface area contributed by atoms with Crippen LogP contribution in [0.3, 0.4) is 0 Å². The number of hydrogen-bond acceptors (Lipinski definition) is 2. The van der Waals surface area contributed by atoms with Crippen LogP contribution in [0.5, 0.6) is 0 Å². The minimum Gasteiger partial charge on any atom is -0.310 e. The molecule has 264 valence electrons. The van der Waals surface area contributed by atoms with Crippen molar-refractivity contribution in [1.82, 2.24) is 0 Å². The molecule has 0 aliphatic rings. The number of nitrogens with zero attached hydrogens (tertiary/aromatic N) is 1. The molecule has 0 aliphatic heterocycles. The monoisotopic (exact) mass is 731 g/mol. The van der Waals surface area contributed by atoms with Gasteiger partial charge in [0.05, 0.1) is 0 Å². The standard InChI is InChI=1S/C54H37NS/c1-34-12-9-14-39(28-34)55(40-15-10-13-35(2)29-40)41-27-26-36-30-38(25-24-37(36)31-41)49-32-51-45-19-6-5-18-44(45)50(33-52(51)43-17-4-3-16-42(43)49)48-22-11-21-47-46-20-7-8-23-53(46)56-54(47)48/h3-33H,1-2H3. The maximum atomic E-state index is 2.46. The van der Waals surface area contributed by atoms with Crippen molar-refractivity contribution in [3.05, 3.63) is 199 Å². The zero-order valence-corrected chi connectivity index (χ0v) is 32.1. The summed E-state index contributed by atoms with van der Waals surface area (Å²) in [6.07, 6.45) is 0. The maximum Gasteiger partial charge on any atom is 0.0468 e. The van der Waals surface area contributed by atoms with Gasteiger partial charge in [0.2, 0.25) is 0 Å². The van der Waals surface area contributed by atoms with Crippen molar-refractivity contribution >= 4 is 91.7 Å². The Morgan fingerprint density at radius 3 is 1.57 bits per heavy atom. The molecule has 11 aromatic rings. The van der Waals surface area contributed by atoms with Crippen LogP contribution in [0.15, 0.2) is 188 Å². The normalized spacial score (nSPS) is 11.8. The van der Waals surface area contributed by atoms with E-state index < -0.39 is 0 Å². The predicted octanol–water partition coefficient (Wildman–Crippen LogP) is 16.1. The fraction of sp³-hybridized carbons (Fsp3) is 0.0370. The summed E-state index contributed by atoms with van der Waals surface area (Å²) in [5, 5.41) is 12.8. The second-order valence-corrected chi connectivity index (χ2v) is 16.1. The van der Waals surface area contributed by atoms with Crippen molar-refractivity contribution in [2.24, 2.45) is 0 Å². The number of benzene rings is 10. The average Bonchev–Trinajstić information content (AvgIpc) is 3.62. The molecule has 0 unspecified atom stereocenters. The van der Waals surface area contributed by atoms with Gasteiger partial charge >= 0.3 is 0 Å². The van der Waals surface area contributed by atoms with E-state index in [2.05, 4.69) is 207 Å². The van der Waals surface area contributed by atoms with Gasteiger partial charge in [-0.3, -0.25) is 0 Å². The molecular formula is C54H37NS. The van der Waals surface area contributed by atoms with E-state index in [0.29, 0.717) is 0 Å². The highest BCUT2D eigenvalue weighted by Gasteiger charge is 2.18. The molecule has 0 saturated heterocycles. The SMILES string of the molecule is Cc1cccc(N(c2cccc(C)c2)c2ccc3cc(-c4cc5c6ccccc6c(-c6cccc7c6sc6ccccc67)cc5c5ccccc45)ccc3c2)c1. The Morgan fingerprint density at radius 1 is 0.339 bits per heavy atom. The Bertz CT molecular complexity index is 3300. The largest absolute Gasteiger partial charge is 0.310 e. The summed E-state index contributed by atoms with van der Waals surface area (Å²) in [5.74, 6) is 0. The highest BCUT2D eigenvalue weighted by atomic mass is 32.1. The highest BCUT2D eigenvalue weighted by Crippen LogP contribution is 2.46. The second-order valence-electron chi connectivity index (χ2n) is 15.1. The van der Waals surface area contributed by atoms with Crippen molar-refractivity contribution in [3.8, 4) is 22.3 Å². The third kappa shape index (κ3) is 5.29. The third-order valence-corrected chi connectivity index (χ3v) is 12.7. The van der Waals surface area contributed by atoms with Crippen LogP contribution in [0.4, 0.5) is 17.1 Å². The molecule has 0 saturated carbocycles. The van der Waals surface area contributed by atoms with Gasteiger partial charge in [-0.25, -0.2) is 0 Å². The average molecular weight is 732 g/mol. The van der Waals surface area contributed by atoms with E-state index in [9.17, 15) is 0 Å². The van der Waals surface area contributed by atoms with E-state index in [1.54, 1.807) is 0 Å². The fourth-order valence-corrected chi connectivity index (χ4v) is 10.1. The molecule has 0 amide bonds. The first-order valence-electron chi connectivity index (χ1n) is 19.3. The molecule has 1 nitrogen and oxygen atoms in total. The molecule has 1 aromatic heterocycles. The first-order chi connectivity index (χ1) is 27.6. The van der Waals surface area contributed by atoms with Gasteiger partial charge in [0.25, 0.3) is 0 Å². The number of hydrogen-bond donors (Lipinski definition) is 0. The van der Waals surface area contributed by atoms with Crippen molar-refractivity contribution in [2.75, 3.05) is 4.90 Å². The Balaban J connectivity index is 1.09. The van der Waals surface area contributed by atoms with Crippen LogP contribution in [0.25, 0.3) is 85.5 Å². The lowest BCUT2D eigenvalue weighted by Gasteiger charge is -2.26. The van der Waals surface area contributed by atoms with Crippen LogP contribution < -0.4 is 4.90 Å². The topological polar surface area (TPSA) is 3.24 Å². The summed E-state index contributed by atoms with van der Waals surface area (Å²) in [6, 6.07) is 69.8. The number of thiophene rings is 1. The van der Waals surface area contributed by atoms with E-state index in [-0.39, 0.29) is 0 Å². The number of anilines is 3. The Hall–Kier alpha value is -6.74. The van der Waals surface area contributed by atoms with Gasteiger partial charge in [0.15, 0.2) is 0 Å². The maximum absolute atomic E-state index is 2.46. The van der Waals surface area contributed by atoms with Crippen molar-refractivity contribution in [2.45, 2.75) is 13.8 Å². The van der Waals surface area contributed by atoms with Crippen LogP contribution in [-0.2, 0) is 0 Å². The van der Waals surface area contributed by atoms with Crippen molar-refractivity contribution < 1.29 is 0 Å². The molecule has 2 heteroatoms. The molecule has 0 bridgehead atoms. The minimum atomic E-state index is 1.14. The van der Waals surface area contributed by atoms with Crippen LogP contribution >= 0.6 is 11.3 Å². The smallest absolute Gasteiger partial charge is 0.0468 e. The molecule has 0 atom stereocenters. The number of fused-ring (bicyclic) bond motifs is 9. The molecule has 0 fully saturated rings. The minimum absolute atomic E-state index is 1.14. The van der Waals surface area contributed by atoms with Gasteiger partial charge in [0, 0.05) is 42.8 Å². The molecule has 1 heterocycles. The molecule has 0 radical (unpaired) electrons. The van der Waals surface area contributed by atoms with Crippen LogP contribution in [-0.4, -0.2) is 0 Å². The quantitative estimate of drug-likeness (QED) is 0.159. The number of rotatable bonds is 5. The van der Waals surface area contributed by atoms with Crippen LogP contribution in [0.1, 0.15) is 11.1 Å². The summed E-state index contributed by atoms with van der Waals surface area (Å²) in [6.45, 7) is 4.32. The zero-order chi connectivity index (χ0) is 37.3. The Labute approximate surface area is 330 Å². The molecule has 56 heavy (non-hydrogen) atoms. The summed E-state index contributed by atoms with van der Waals surface area (Å²) < 4.78 is 2.68. The van der Waals surface area contributed by atoms with Crippen LogP contribution in [0.2, 0.25) is 0 Å². The second kappa shape index (κ2) is 12.9. The first kappa shape index (κ1) is 32.7. The van der Waals surface area contributed by atoms with Crippen molar-refractivity contribution in [1.29, 1.82) is 0 Å². The lowest BCUT2D eigenvalue weighted by Crippen LogP contribution is -2.10. The molecule has 11 rings (SSSR count). The Morgan fingerprint density at radius 2 is 0.875 bits per heavy atom. The van der Waals surface area contributed by atoms with E-state index in [1.165, 1.54) is 96.6 Å². The van der Waals surface area contributed by atoms with Crippen LogP contribution in [0, 0.1) is 13.8 Å². The van der Waals surface area contributed by atoms with Gasteiger partial charge in [0.1, 0.15) is 0 Å². The van der Waals surface area contributed by atoms with Gasteiger partial charge in [-0.2, -0.15) is 0 Å². The third-order valence-electron chi connectivity index (χ3n) is 11.5. The molecule has 0 N–H and O–H groups in total. The van der Waals surface area contributed by atoms with Gasteiger partial charge in [-0.05, 0) is 145 Å². The molecule has 0 spiro atoms. The molecule has 0 aliphatic carbocycles. The fourth-order valence-electron chi connectivity index (χ4n) is 8.89. The molecule has 10 aromatic carbocycles. The molecular weight excluding hydrogens is 695 g/mol. The van der Waals surface area contributed by atoms with Gasteiger partial charge in [-0.1, -0.05) is 127 Å². The van der Waals surface area contributed by atoms with Gasteiger partial charge in [-0.15, -0.1) is 11.3 Å². The lowest BCUT2D eigenvalue weighted by molar-refractivity contribution is 1.26.